The van der Waals surface area contributed by atoms with Gasteiger partial charge in [0, 0.05) is 31.4 Å². The van der Waals surface area contributed by atoms with E-state index in [0.29, 0.717) is 12.1 Å². The molecule has 0 aliphatic heterocycles. The number of carbonyl (C=O) groups excluding carboxylic acids is 1. The van der Waals surface area contributed by atoms with Crippen molar-refractivity contribution in [3.63, 3.8) is 0 Å². The fourth-order valence-corrected chi connectivity index (χ4v) is 1.58. The monoisotopic (exact) mass is 222 g/mol. The highest BCUT2D eigenvalue weighted by Crippen LogP contribution is 2.19. The molecule has 16 heavy (non-hydrogen) atoms. The van der Waals surface area contributed by atoms with Crippen molar-refractivity contribution in [2.75, 3.05) is 6.54 Å². The predicted octanol–water partition coefficient (Wildman–Crippen LogP) is 1.08. The largest absolute Gasteiger partial charge is 0.479 e. The van der Waals surface area contributed by atoms with Crippen molar-refractivity contribution in [1.82, 2.24) is 9.88 Å². The number of rotatable bonds is 4. The van der Waals surface area contributed by atoms with E-state index < -0.39 is 12.0 Å². The molecular weight excluding hydrogens is 208 g/mol. The lowest BCUT2D eigenvalue weighted by Crippen LogP contribution is -2.37. The minimum Gasteiger partial charge on any atom is -0.479 e. The Hall–Kier alpha value is -1.91. The topological polar surface area (TPSA) is 70.5 Å². The molecule has 0 aliphatic carbocycles. The Kier molecular flexibility index (Phi) is 3.99. The molecule has 0 aliphatic rings. The standard InChI is InChI=1S/C11H14N2O3/c1-3-13(8(2)14)10(11(15)16)9-5-4-6-12-7-9/h4-7,10H,3H2,1-2H3,(H,15,16). The highest BCUT2D eigenvalue weighted by molar-refractivity contribution is 5.83. The zero-order valence-electron chi connectivity index (χ0n) is 9.25. The first-order chi connectivity index (χ1) is 7.57. The molecule has 1 aromatic rings. The normalized spacial score (nSPS) is 11.9. The molecule has 1 unspecified atom stereocenters. The minimum atomic E-state index is -1.05. The van der Waals surface area contributed by atoms with Gasteiger partial charge in [0.05, 0.1) is 0 Å². The summed E-state index contributed by atoms with van der Waals surface area (Å²) in [6, 6.07) is 2.34. The van der Waals surface area contributed by atoms with Gasteiger partial charge in [-0.3, -0.25) is 9.78 Å². The zero-order valence-corrected chi connectivity index (χ0v) is 9.25. The van der Waals surface area contributed by atoms with E-state index in [1.165, 1.54) is 18.0 Å². The molecule has 1 N–H and O–H groups in total. The molecule has 5 nitrogen and oxygen atoms in total. The van der Waals surface area contributed by atoms with Gasteiger partial charge in [0.25, 0.3) is 0 Å². The molecule has 0 spiro atoms. The number of carbonyl (C=O) groups is 2. The van der Waals surface area contributed by atoms with Crippen molar-refractivity contribution >= 4 is 11.9 Å². The molecule has 5 heteroatoms. The molecule has 1 atom stereocenters. The van der Waals surface area contributed by atoms with Gasteiger partial charge < -0.3 is 10.0 Å². The Morgan fingerprint density at radius 2 is 2.25 bits per heavy atom. The lowest BCUT2D eigenvalue weighted by molar-refractivity contribution is -0.149. The maximum absolute atomic E-state index is 11.3. The summed E-state index contributed by atoms with van der Waals surface area (Å²) in [5.74, 6) is -1.32. The number of hydrogen-bond acceptors (Lipinski definition) is 3. The van der Waals surface area contributed by atoms with Gasteiger partial charge in [0.2, 0.25) is 5.91 Å². The Labute approximate surface area is 93.7 Å². The molecule has 1 rings (SSSR count). The summed E-state index contributed by atoms with van der Waals surface area (Å²) in [6.07, 6.45) is 3.02. The fourth-order valence-electron chi connectivity index (χ4n) is 1.58. The summed E-state index contributed by atoms with van der Waals surface area (Å²) in [5.41, 5.74) is 0.507. The molecule has 0 saturated heterocycles. The van der Waals surface area contributed by atoms with Crippen LogP contribution in [0.5, 0.6) is 0 Å². The van der Waals surface area contributed by atoms with Crippen LogP contribution in [-0.4, -0.2) is 33.4 Å². The van der Waals surface area contributed by atoms with Crippen LogP contribution in [-0.2, 0) is 9.59 Å². The third-order valence-corrected chi connectivity index (χ3v) is 2.29. The van der Waals surface area contributed by atoms with Gasteiger partial charge in [0.15, 0.2) is 6.04 Å². The van der Waals surface area contributed by atoms with Gasteiger partial charge in [-0.15, -0.1) is 0 Å². The summed E-state index contributed by atoms with van der Waals surface area (Å²) < 4.78 is 0. The van der Waals surface area contributed by atoms with Gasteiger partial charge in [0.1, 0.15) is 0 Å². The van der Waals surface area contributed by atoms with E-state index in [1.54, 1.807) is 25.3 Å². The van der Waals surface area contributed by atoms with Crippen molar-refractivity contribution in [2.45, 2.75) is 19.9 Å². The van der Waals surface area contributed by atoms with Crippen LogP contribution in [0, 0.1) is 0 Å². The number of carboxylic acid groups (broad SMARTS) is 1. The second-order valence-electron chi connectivity index (χ2n) is 3.33. The van der Waals surface area contributed by atoms with Crippen LogP contribution in [0.1, 0.15) is 25.5 Å². The van der Waals surface area contributed by atoms with E-state index in [1.807, 2.05) is 0 Å². The lowest BCUT2D eigenvalue weighted by Gasteiger charge is -2.26. The van der Waals surface area contributed by atoms with Crippen molar-refractivity contribution < 1.29 is 14.7 Å². The van der Waals surface area contributed by atoms with E-state index in [4.69, 9.17) is 5.11 Å². The zero-order chi connectivity index (χ0) is 12.1. The van der Waals surface area contributed by atoms with Crippen LogP contribution in [0.25, 0.3) is 0 Å². The van der Waals surface area contributed by atoms with E-state index >= 15 is 0 Å². The maximum Gasteiger partial charge on any atom is 0.331 e. The third kappa shape index (κ3) is 2.56. The van der Waals surface area contributed by atoms with Gasteiger partial charge in [-0.25, -0.2) is 4.79 Å². The summed E-state index contributed by atoms with van der Waals surface area (Å²) in [7, 11) is 0. The molecule has 0 bridgehead atoms. The van der Waals surface area contributed by atoms with Crippen molar-refractivity contribution in [3.05, 3.63) is 30.1 Å². The number of carboxylic acids is 1. The van der Waals surface area contributed by atoms with Crippen LogP contribution in [0.15, 0.2) is 24.5 Å². The summed E-state index contributed by atoms with van der Waals surface area (Å²) in [4.78, 5) is 27.7. The van der Waals surface area contributed by atoms with E-state index in [9.17, 15) is 9.59 Å². The molecule has 86 valence electrons. The van der Waals surface area contributed by atoms with Crippen molar-refractivity contribution in [2.24, 2.45) is 0 Å². The number of nitrogens with zero attached hydrogens (tertiary/aromatic N) is 2. The average Bonchev–Trinajstić information content (AvgIpc) is 2.25. The molecule has 1 heterocycles. The molecule has 1 aromatic heterocycles. The lowest BCUT2D eigenvalue weighted by atomic mass is 10.1. The van der Waals surface area contributed by atoms with Gasteiger partial charge in [-0.1, -0.05) is 6.07 Å². The van der Waals surface area contributed by atoms with Crippen LogP contribution >= 0.6 is 0 Å². The number of likely N-dealkylation sites (N-methyl/N-ethyl adjacent to an activating group) is 1. The number of aromatic nitrogens is 1. The van der Waals surface area contributed by atoms with E-state index in [0.717, 1.165) is 0 Å². The second-order valence-corrected chi connectivity index (χ2v) is 3.33. The van der Waals surface area contributed by atoms with Crippen LogP contribution in [0.3, 0.4) is 0 Å². The Morgan fingerprint density at radius 1 is 1.56 bits per heavy atom. The number of hydrogen-bond donors (Lipinski definition) is 1. The van der Waals surface area contributed by atoms with Gasteiger partial charge in [-0.05, 0) is 13.0 Å². The van der Waals surface area contributed by atoms with Crippen LogP contribution in [0.2, 0.25) is 0 Å². The van der Waals surface area contributed by atoms with Crippen molar-refractivity contribution in [1.29, 1.82) is 0 Å². The van der Waals surface area contributed by atoms with E-state index in [-0.39, 0.29) is 5.91 Å². The Bertz CT molecular complexity index is 378. The maximum atomic E-state index is 11.3. The molecule has 0 aromatic carbocycles. The van der Waals surface area contributed by atoms with Crippen LogP contribution < -0.4 is 0 Å². The quantitative estimate of drug-likeness (QED) is 0.827. The first-order valence-corrected chi connectivity index (χ1v) is 4.97. The molecule has 1 amide bonds. The number of aliphatic carboxylic acids is 1. The Morgan fingerprint density at radius 3 is 2.62 bits per heavy atom. The summed E-state index contributed by atoms with van der Waals surface area (Å²) in [5, 5.41) is 9.16. The highest BCUT2D eigenvalue weighted by atomic mass is 16.4. The summed E-state index contributed by atoms with van der Waals surface area (Å²) in [6.45, 7) is 3.45. The first-order valence-electron chi connectivity index (χ1n) is 4.97. The smallest absolute Gasteiger partial charge is 0.331 e. The molecule has 0 radical (unpaired) electrons. The first kappa shape index (κ1) is 12.2. The fraction of sp³-hybridized carbons (Fsp3) is 0.364. The minimum absolute atomic E-state index is 0.265. The molecular formula is C11H14N2O3. The SMILES string of the molecule is CCN(C(C)=O)C(C(=O)O)c1cccnc1. The van der Waals surface area contributed by atoms with Gasteiger partial charge >= 0.3 is 5.97 Å². The predicted molar refractivity (Wildman–Crippen MR) is 57.7 cm³/mol. The molecule has 0 fully saturated rings. The Balaban J connectivity index is 3.09. The third-order valence-electron chi connectivity index (χ3n) is 2.29. The molecule has 0 saturated carbocycles. The second kappa shape index (κ2) is 5.25. The van der Waals surface area contributed by atoms with Crippen LogP contribution in [0.4, 0.5) is 0 Å². The summed E-state index contributed by atoms with van der Waals surface area (Å²) >= 11 is 0. The van der Waals surface area contributed by atoms with Crippen molar-refractivity contribution in [3.8, 4) is 0 Å². The number of amides is 1. The number of pyridine rings is 1. The van der Waals surface area contributed by atoms with E-state index in [2.05, 4.69) is 4.98 Å². The van der Waals surface area contributed by atoms with Gasteiger partial charge in [-0.2, -0.15) is 0 Å². The average molecular weight is 222 g/mol. The highest BCUT2D eigenvalue weighted by Gasteiger charge is 2.28.